The van der Waals surface area contributed by atoms with Gasteiger partial charge < -0.3 is 9.73 Å². The molecule has 1 heterocycles. The first-order chi connectivity index (χ1) is 10.2. The third-order valence-electron chi connectivity index (χ3n) is 3.35. The highest BCUT2D eigenvalue weighted by Gasteiger charge is 2.13. The lowest BCUT2D eigenvalue weighted by Gasteiger charge is -2.03. The van der Waals surface area contributed by atoms with Crippen molar-refractivity contribution in [3.05, 3.63) is 64.3 Å². The number of carbonyl (C=O) groups excluding carboxylic acids is 1. The molecule has 0 aliphatic rings. The van der Waals surface area contributed by atoms with E-state index in [1.54, 1.807) is 6.07 Å². The van der Waals surface area contributed by atoms with E-state index in [2.05, 4.69) is 28.2 Å². The Morgan fingerprint density at radius 1 is 1.19 bits per heavy atom. The number of halogens is 1. The van der Waals surface area contributed by atoms with Crippen LogP contribution in [-0.4, -0.2) is 5.91 Å². The molecule has 1 N–H and O–H groups in total. The lowest BCUT2D eigenvalue weighted by Crippen LogP contribution is -2.10. The predicted octanol–water partition coefficient (Wildman–Crippen LogP) is 5.01. The van der Waals surface area contributed by atoms with Gasteiger partial charge in [-0.3, -0.25) is 4.79 Å². The van der Waals surface area contributed by atoms with Crippen molar-refractivity contribution in [1.29, 1.82) is 0 Å². The van der Waals surface area contributed by atoms with Gasteiger partial charge in [-0.15, -0.1) is 0 Å². The normalized spacial score (nSPS) is 10.8. The monoisotopic (exact) mass is 343 g/mol. The Hall–Kier alpha value is -2.07. The van der Waals surface area contributed by atoms with Crippen molar-refractivity contribution < 1.29 is 9.21 Å². The number of anilines is 1. The Morgan fingerprint density at radius 3 is 2.62 bits per heavy atom. The predicted molar refractivity (Wildman–Crippen MR) is 87.7 cm³/mol. The largest absolute Gasteiger partial charge is 0.451 e. The first-order valence-corrected chi connectivity index (χ1v) is 7.55. The highest BCUT2D eigenvalue weighted by molar-refractivity contribution is 9.10. The second-order valence-electron chi connectivity index (χ2n) is 4.77. The van der Waals surface area contributed by atoms with Gasteiger partial charge in [0.1, 0.15) is 5.58 Å². The molecule has 3 aromatic rings. The SMILES string of the molecule is CCc1ccc(NC(=O)c2cc3c(Br)cccc3o2)cc1. The van der Waals surface area contributed by atoms with Crippen molar-refractivity contribution in [2.75, 3.05) is 5.32 Å². The number of hydrogen-bond acceptors (Lipinski definition) is 2. The summed E-state index contributed by atoms with van der Waals surface area (Å²) in [5.41, 5.74) is 2.69. The molecule has 0 atom stereocenters. The molecule has 0 saturated heterocycles. The van der Waals surface area contributed by atoms with Gasteiger partial charge in [-0.05, 0) is 42.3 Å². The number of benzene rings is 2. The van der Waals surface area contributed by atoms with Crippen LogP contribution in [0.15, 0.2) is 57.4 Å². The van der Waals surface area contributed by atoms with Gasteiger partial charge in [0.15, 0.2) is 5.76 Å². The quantitative estimate of drug-likeness (QED) is 0.726. The summed E-state index contributed by atoms with van der Waals surface area (Å²) in [7, 11) is 0. The average molecular weight is 344 g/mol. The van der Waals surface area contributed by atoms with Crippen LogP contribution in [0.3, 0.4) is 0 Å². The minimum absolute atomic E-state index is 0.248. The fourth-order valence-electron chi connectivity index (χ4n) is 2.15. The van der Waals surface area contributed by atoms with E-state index in [0.29, 0.717) is 11.3 Å². The third-order valence-corrected chi connectivity index (χ3v) is 4.04. The summed E-state index contributed by atoms with van der Waals surface area (Å²) in [5.74, 6) is 0.0545. The van der Waals surface area contributed by atoms with Crippen LogP contribution in [0, 0.1) is 0 Å². The molecule has 2 aromatic carbocycles. The molecule has 0 fully saturated rings. The summed E-state index contributed by atoms with van der Waals surface area (Å²) in [6.07, 6.45) is 0.978. The zero-order valence-electron chi connectivity index (χ0n) is 11.5. The van der Waals surface area contributed by atoms with Crippen molar-refractivity contribution in [3.8, 4) is 0 Å². The van der Waals surface area contributed by atoms with Crippen LogP contribution < -0.4 is 5.32 Å². The molecule has 1 amide bonds. The zero-order chi connectivity index (χ0) is 14.8. The summed E-state index contributed by atoms with van der Waals surface area (Å²) in [5, 5.41) is 3.73. The maximum atomic E-state index is 12.2. The van der Waals surface area contributed by atoms with Gasteiger partial charge in [-0.2, -0.15) is 0 Å². The topological polar surface area (TPSA) is 42.2 Å². The number of rotatable bonds is 3. The van der Waals surface area contributed by atoms with Crippen LogP contribution in [0.1, 0.15) is 23.0 Å². The number of nitrogens with one attached hydrogen (secondary N) is 1. The van der Waals surface area contributed by atoms with E-state index in [1.807, 2.05) is 42.5 Å². The van der Waals surface area contributed by atoms with Crippen LogP contribution in [0.2, 0.25) is 0 Å². The molecule has 0 aliphatic carbocycles. The van der Waals surface area contributed by atoms with Gasteiger partial charge in [0.05, 0.1) is 0 Å². The minimum Gasteiger partial charge on any atom is -0.451 e. The van der Waals surface area contributed by atoms with Gasteiger partial charge in [-0.25, -0.2) is 0 Å². The van der Waals surface area contributed by atoms with Crippen LogP contribution >= 0.6 is 15.9 Å². The molecule has 1 aromatic heterocycles. The average Bonchev–Trinajstić information content (AvgIpc) is 2.94. The van der Waals surface area contributed by atoms with Crippen molar-refractivity contribution >= 4 is 38.5 Å². The third kappa shape index (κ3) is 2.85. The second-order valence-corrected chi connectivity index (χ2v) is 5.62. The molecular weight excluding hydrogens is 330 g/mol. The van der Waals surface area contributed by atoms with Gasteiger partial charge >= 0.3 is 0 Å². The highest BCUT2D eigenvalue weighted by Crippen LogP contribution is 2.27. The Labute approximate surface area is 131 Å². The summed E-state index contributed by atoms with van der Waals surface area (Å²) in [6.45, 7) is 2.10. The van der Waals surface area contributed by atoms with E-state index in [-0.39, 0.29) is 5.91 Å². The van der Waals surface area contributed by atoms with Crippen LogP contribution in [0.4, 0.5) is 5.69 Å². The lowest BCUT2D eigenvalue weighted by atomic mass is 10.1. The molecular formula is C17H14BrNO2. The van der Waals surface area contributed by atoms with Crippen LogP contribution in [-0.2, 0) is 6.42 Å². The molecule has 0 saturated carbocycles. The fraction of sp³-hybridized carbons (Fsp3) is 0.118. The molecule has 0 aliphatic heterocycles. The number of aryl methyl sites for hydroxylation is 1. The number of furan rings is 1. The smallest absolute Gasteiger partial charge is 0.291 e. The molecule has 4 heteroatoms. The first-order valence-electron chi connectivity index (χ1n) is 6.75. The molecule has 0 unspecified atom stereocenters. The molecule has 0 spiro atoms. The molecule has 3 rings (SSSR count). The summed E-state index contributed by atoms with van der Waals surface area (Å²) < 4.78 is 6.50. The van der Waals surface area contributed by atoms with E-state index in [9.17, 15) is 4.79 Å². The summed E-state index contributed by atoms with van der Waals surface area (Å²) in [6, 6.07) is 15.2. The second kappa shape index (κ2) is 5.74. The maximum Gasteiger partial charge on any atom is 0.291 e. The van der Waals surface area contributed by atoms with E-state index in [1.165, 1.54) is 5.56 Å². The molecule has 0 bridgehead atoms. The number of amides is 1. The first kappa shape index (κ1) is 13.9. The number of carbonyl (C=O) groups is 1. The standard InChI is InChI=1S/C17H14BrNO2/c1-2-11-6-8-12(9-7-11)19-17(20)16-10-13-14(18)4-3-5-15(13)21-16/h3-10H,2H2,1H3,(H,19,20). The molecule has 106 valence electrons. The summed E-state index contributed by atoms with van der Waals surface area (Å²) in [4.78, 5) is 12.2. The zero-order valence-corrected chi connectivity index (χ0v) is 13.1. The maximum absolute atomic E-state index is 12.2. The van der Waals surface area contributed by atoms with E-state index in [0.717, 1.165) is 22.0 Å². The Bertz CT molecular complexity index is 790. The van der Waals surface area contributed by atoms with Crippen molar-refractivity contribution in [3.63, 3.8) is 0 Å². The van der Waals surface area contributed by atoms with E-state index >= 15 is 0 Å². The van der Waals surface area contributed by atoms with Crippen molar-refractivity contribution in [2.24, 2.45) is 0 Å². The fourth-order valence-corrected chi connectivity index (χ4v) is 2.62. The highest BCUT2D eigenvalue weighted by atomic mass is 79.9. The molecule has 21 heavy (non-hydrogen) atoms. The summed E-state index contributed by atoms with van der Waals surface area (Å²) >= 11 is 3.45. The van der Waals surface area contributed by atoms with Crippen LogP contribution in [0.25, 0.3) is 11.0 Å². The Morgan fingerprint density at radius 2 is 1.95 bits per heavy atom. The number of fused-ring (bicyclic) bond motifs is 1. The van der Waals surface area contributed by atoms with E-state index in [4.69, 9.17) is 4.42 Å². The Balaban J connectivity index is 1.84. The van der Waals surface area contributed by atoms with Crippen LogP contribution in [0.5, 0.6) is 0 Å². The van der Waals surface area contributed by atoms with Crippen molar-refractivity contribution in [2.45, 2.75) is 13.3 Å². The molecule has 0 radical (unpaired) electrons. The lowest BCUT2D eigenvalue weighted by molar-refractivity contribution is 0.0998. The van der Waals surface area contributed by atoms with E-state index < -0.39 is 0 Å². The van der Waals surface area contributed by atoms with Gasteiger partial charge in [0.2, 0.25) is 0 Å². The van der Waals surface area contributed by atoms with Gasteiger partial charge in [-0.1, -0.05) is 41.1 Å². The minimum atomic E-state index is -0.248. The van der Waals surface area contributed by atoms with Gasteiger partial charge in [0, 0.05) is 15.5 Å². The molecule has 3 nitrogen and oxygen atoms in total. The van der Waals surface area contributed by atoms with Gasteiger partial charge in [0.25, 0.3) is 5.91 Å². The van der Waals surface area contributed by atoms with Crippen molar-refractivity contribution in [1.82, 2.24) is 0 Å². The number of hydrogen-bond donors (Lipinski definition) is 1. The Kier molecular flexibility index (Phi) is 3.80.